The number of aliphatic hydroxyl groups is 1. The number of nitrogens with zero attached hydrogens (tertiary/aromatic N) is 3. The first kappa shape index (κ1) is 22.6. The molecular weight excluding hydrogens is 476 g/mol. The molecule has 4 aromatic rings. The van der Waals surface area contributed by atoms with Gasteiger partial charge in [0.2, 0.25) is 0 Å². The minimum Gasteiger partial charge on any atom is -0.496 e. The zero-order chi connectivity index (χ0) is 23.8. The summed E-state index contributed by atoms with van der Waals surface area (Å²) < 4.78 is 13.0. The molecule has 1 atom stereocenters. The van der Waals surface area contributed by atoms with Crippen LogP contribution in [0.15, 0.2) is 36.4 Å². The number of imidazole rings is 1. The smallest absolute Gasteiger partial charge is 0.412 e. The van der Waals surface area contributed by atoms with Crippen molar-refractivity contribution < 1.29 is 19.4 Å². The molecule has 2 aromatic heterocycles. The number of hydrogen-bond acceptors (Lipinski definition) is 7. The van der Waals surface area contributed by atoms with E-state index in [1.165, 1.54) is 11.3 Å². The van der Waals surface area contributed by atoms with E-state index in [0.29, 0.717) is 32.9 Å². The summed E-state index contributed by atoms with van der Waals surface area (Å²) in [5.74, 6) is 1.50. The van der Waals surface area contributed by atoms with E-state index >= 15 is 0 Å². The van der Waals surface area contributed by atoms with Gasteiger partial charge in [0.15, 0.2) is 0 Å². The maximum atomic E-state index is 12.5. The van der Waals surface area contributed by atoms with Gasteiger partial charge in [-0.05, 0) is 49.2 Å². The van der Waals surface area contributed by atoms with Crippen LogP contribution in [-0.2, 0) is 24.3 Å². The largest absolute Gasteiger partial charge is 0.496 e. The number of amides is 1. The van der Waals surface area contributed by atoms with Gasteiger partial charge in [0, 0.05) is 18.0 Å². The lowest BCUT2D eigenvalue weighted by atomic mass is 10.1. The van der Waals surface area contributed by atoms with Gasteiger partial charge < -0.3 is 19.1 Å². The van der Waals surface area contributed by atoms with Crippen molar-refractivity contribution in [1.29, 1.82) is 0 Å². The lowest BCUT2D eigenvalue weighted by Gasteiger charge is -2.19. The van der Waals surface area contributed by atoms with Crippen LogP contribution in [0.5, 0.6) is 5.75 Å². The third kappa shape index (κ3) is 4.46. The molecule has 34 heavy (non-hydrogen) atoms. The quantitative estimate of drug-likeness (QED) is 0.393. The highest BCUT2D eigenvalue weighted by Gasteiger charge is 2.20. The molecule has 2 N–H and O–H groups in total. The second kappa shape index (κ2) is 9.25. The molecule has 8 nitrogen and oxygen atoms in total. The molecule has 0 aliphatic carbocycles. The van der Waals surface area contributed by atoms with E-state index in [0.717, 1.165) is 41.0 Å². The van der Waals surface area contributed by atoms with Gasteiger partial charge in [-0.3, -0.25) is 5.32 Å². The van der Waals surface area contributed by atoms with Crippen LogP contribution in [0.2, 0.25) is 5.02 Å². The molecule has 0 saturated heterocycles. The van der Waals surface area contributed by atoms with E-state index in [2.05, 4.69) is 19.9 Å². The van der Waals surface area contributed by atoms with Crippen LogP contribution in [0, 0.1) is 6.92 Å². The second-order valence-corrected chi connectivity index (χ2v) is 9.56. The fraction of sp³-hybridized carbons (Fsp3) is 0.292. The number of carbonyl (C=O) groups is 1. The summed E-state index contributed by atoms with van der Waals surface area (Å²) >= 11 is 7.39. The van der Waals surface area contributed by atoms with Crippen molar-refractivity contribution in [3.8, 4) is 16.3 Å². The molecular formula is C24H23ClN4O4S. The van der Waals surface area contributed by atoms with E-state index in [9.17, 15) is 9.90 Å². The Bertz CT molecular complexity index is 1380. The first-order chi connectivity index (χ1) is 16.4. The van der Waals surface area contributed by atoms with Crippen molar-refractivity contribution in [3.05, 3.63) is 58.5 Å². The number of ether oxygens (including phenoxy) is 2. The SMILES string of the molecule is COc1cc(Cl)ccc1-c1nc(C)c(NC(=O)OCc2ccc3c(c2)nc2n3CCC(O)C2)s1. The van der Waals surface area contributed by atoms with E-state index in [-0.39, 0.29) is 12.7 Å². The van der Waals surface area contributed by atoms with E-state index in [1.807, 2.05) is 31.2 Å². The zero-order valence-corrected chi connectivity index (χ0v) is 20.2. The molecule has 5 rings (SSSR count). The van der Waals surface area contributed by atoms with Crippen molar-refractivity contribution in [2.75, 3.05) is 12.4 Å². The summed E-state index contributed by atoms with van der Waals surface area (Å²) in [5, 5.41) is 14.6. The Morgan fingerprint density at radius 2 is 2.15 bits per heavy atom. The highest BCUT2D eigenvalue weighted by Crippen LogP contribution is 2.38. The van der Waals surface area contributed by atoms with Crippen molar-refractivity contribution in [2.45, 2.75) is 39.0 Å². The zero-order valence-electron chi connectivity index (χ0n) is 18.7. The number of halogens is 1. The van der Waals surface area contributed by atoms with Crippen molar-refractivity contribution in [2.24, 2.45) is 0 Å². The Hall–Kier alpha value is -3.14. The standard InChI is InChI=1S/C24H23ClN4O4S/c1-13-22(34-23(26-13)17-5-4-15(25)10-20(17)32-2)28-24(31)33-12-14-3-6-19-18(9-14)27-21-11-16(30)7-8-29(19)21/h3-6,9-10,16,30H,7-8,11-12H2,1-2H3,(H,28,31). The number of nitrogens with one attached hydrogen (secondary N) is 1. The monoisotopic (exact) mass is 498 g/mol. The molecule has 1 amide bonds. The van der Waals surface area contributed by atoms with Gasteiger partial charge >= 0.3 is 6.09 Å². The maximum Gasteiger partial charge on any atom is 0.412 e. The number of aliphatic hydroxyl groups excluding tert-OH is 1. The number of hydrogen-bond donors (Lipinski definition) is 2. The van der Waals surface area contributed by atoms with Crippen molar-refractivity contribution >= 4 is 45.1 Å². The molecule has 176 valence electrons. The Morgan fingerprint density at radius 3 is 2.97 bits per heavy atom. The second-order valence-electron chi connectivity index (χ2n) is 8.13. The summed E-state index contributed by atoms with van der Waals surface area (Å²) in [6.45, 7) is 2.69. The highest BCUT2D eigenvalue weighted by molar-refractivity contribution is 7.19. The van der Waals surface area contributed by atoms with Crippen LogP contribution >= 0.6 is 22.9 Å². The van der Waals surface area contributed by atoms with Crippen molar-refractivity contribution in [3.63, 3.8) is 0 Å². The molecule has 0 spiro atoms. The molecule has 0 fully saturated rings. The number of fused-ring (bicyclic) bond motifs is 3. The highest BCUT2D eigenvalue weighted by atomic mass is 35.5. The fourth-order valence-electron chi connectivity index (χ4n) is 4.06. The molecule has 1 aliphatic heterocycles. The minimum atomic E-state index is -0.561. The van der Waals surface area contributed by atoms with Gasteiger partial charge in [-0.25, -0.2) is 14.8 Å². The molecule has 1 unspecified atom stereocenters. The number of thiazole rings is 1. The Morgan fingerprint density at radius 1 is 1.29 bits per heavy atom. The number of aryl methyl sites for hydroxylation is 2. The predicted molar refractivity (Wildman–Crippen MR) is 132 cm³/mol. The summed E-state index contributed by atoms with van der Waals surface area (Å²) in [7, 11) is 1.58. The lowest BCUT2D eigenvalue weighted by Crippen LogP contribution is -2.23. The number of benzene rings is 2. The number of rotatable bonds is 5. The summed E-state index contributed by atoms with van der Waals surface area (Å²) in [6, 6.07) is 11.2. The number of carbonyl (C=O) groups excluding carboxylic acids is 1. The van der Waals surface area contributed by atoms with Gasteiger partial charge in [-0.15, -0.1) is 0 Å². The van der Waals surface area contributed by atoms with Gasteiger partial charge in [0.05, 0.1) is 35.5 Å². The van der Waals surface area contributed by atoms with Gasteiger partial charge in [0.25, 0.3) is 0 Å². The first-order valence-electron chi connectivity index (χ1n) is 10.8. The van der Waals surface area contributed by atoms with Crippen LogP contribution in [0.1, 0.15) is 23.5 Å². The van der Waals surface area contributed by atoms with E-state index < -0.39 is 6.09 Å². The summed E-state index contributed by atoms with van der Waals surface area (Å²) in [4.78, 5) is 21.7. The molecule has 2 aromatic carbocycles. The topological polar surface area (TPSA) is 98.5 Å². The lowest BCUT2D eigenvalue weighted by molar-refractivity contribution is 0.142. The molecule has 0 saturated carbocycles. The normalized spacial score (nSPS) is 15.2. The third-order valence-electron chi connectivity index (χ3n) is 5.77. The van der Waals surface area contributed by atoms with Crippen LogP contribution in [0.3, 0.4) is 0 Å². The van der Waals surface area contributed by atoms with Crippen LogP contribution in [0.4, 0.5) is 9.80 Å². The molecule has 3 heterocycles. The minimum absolute atomic E-state index is 0.113. The molecule has 0 bridgehead atoms. The third-order valence-corrected chi connectivity index (χ3v) is 7.11. The van der Waals surface area contributed by atoms with Gasteiger partial charge in [0.1, 0.15) is 28.2 Å². The van der Waals surface area contributed by atoms with Crippen LogP contribution in [0.25, 0.3) is 21.6 Å². The number of aromatic nitrogens is 3. The number of methoxy groups -OCH3 is 1. The average Bonchev–Trinajstić information content (AvgIpc) is 3.36. The Kier molecular flexibility index (Phi) is 6.16. The predicted octanol–water partition coefficient (Wildman–Crippen LogP) is 5.19. The fourth-order valence-corrected chi connectivity index (χ4v) is 5.20. The first-order valence-corrected chi connectivity index (χ1v) is 12.0. The van der Waals surface area contributed by atoms with Crippen LogP contribution in [-0.4, -0.2) is 38.9 Å². The number of anilines is 1. The summed E-state index contributed by atoms with van der Waals surface area (Å²) in [5.41, 5.74) is 4.18. The molecule has 1 aliphatic rings. The van der Waals surface area contributed by atoms with Crippen molar-refractivity contribution in [1.82, 2.24) is 14.5 Å². The summed E-state index contributed by atoms with van der Waals surface area (Å²) in [6.07, 6.45) is 0.384. The van der Waals surface area contributed by atoms with E-state index in [4.69, 9.17) is 21.1 Å². The van der Waals surface area contributed by atoms with E-state index in [1.54, 1.807) is 19.2 Å². The average molecular weight is 499 g/mol. The van der Waals surface area contributed by atoms with Crippen LogP contribution < -0.4 is 10.1 Å². The van der Waals surface area contributed by atoms with Gasteiger partial charge in [-0.2, -0.15) is 0 Å². The maximum absolute atomic E-state index is 12.5. The van der Waals surface area contributed by atoms with Gasteiger partial charge in [-0.1, -0.05) is 29.0 Å². The molecule has 10 heteroatoms. The Balaban J connectivity index is 1.26. The Labute approximate surface area is 205 Å². The molecule has 0 radical (unpaired) electrons.